The molecule has 7 heteroatoms. The summed E-state index contributed by atoms with van der Waals surface area (Å²) in [6.45, 7) is 1.45. The Balaban J connectivity index is 1.51. The lowest BCUT2D eigenvalue weighted by Crippen LogP contribution is -2.43. The van der Waals surface area contributed by atoms with Crippen LogP contribution in [0.25, 0.3) is 0 Å². The average Bonchev–Trinajstić information content (AvgIpc) is 2.73. The van der Waals surface area contributed by atoms with E-state index >= 15 is 0 Å². The van der Waals surface area contributed by atoms with Crippen molar-refractivity contribution in [2.75, 3.05) is 19.6 Å². The molecule has 27 heavy (non-hydrogen) atoms. The van der Waals surface area contributed by atoms with Crippen LogP contribution >= 0.6 is 0 Å². The number of sulfonamides is 1. The summed E-state index contributed by atoms with van der Waals surface area (Å²) in [5.41, 5.74) is 0.433. The molecule has 0 aromatic heterocycles. The molecule has 146 valence electrons. The minimum Gasteiger partial charge on any atom is -0.356 e. The van der Waals surface area contributed by atoms with Crippen molar-refractivity contribution in [3.63, 3.8) is 0 Å². The molecule has 0 spiro atoms. The summed E-state index contributed by atoms with van der Waals surface area (Å²) in [5.74, 6) is 0.552. The van der Waals surface area contributed by atoms with Crippen molar-refractivity contribution in [2.24, 2.45) is 11.8 Å². The molecule has 6 nitrogen and oxygen atoms in total. The highest BCUT2D eigenvalue weighted by Crippen LogP contribution is 2.25. The van der Waals surface area contributed by atoms with Gasteiger partial charge < -0.3 is 5.32 Å². The number of piperidine rings is 1. The number of benzene rings is 1. The lowest BCUT2D eigenvalue weighted by Gasteiger charge is -2.31. The Morgan fingerprint density at radius 2 is 1.70 bits per heavy atom. The van der Waals surface area contributed by atoms with Crippen molar-refractivity contribution in [1.82, 2.24) is 9.62 Å². The van der Waals surface area contributed by atoms with Crippen molar-refractivity contribution in [3.05, 3.63) is 29.8 Å². The van der Waals surface area contributed by atoms with Gasteiger partial charge in [0.1, 0.15) is 0 Å². The molecule has 1 aliphatic carbocycles. The molecule has 1 heterocycles. The minimum atomic E-state index is -3.57. The van der Waals surface area contributed by atoms with Crippen molar-refractivity contribution in [2.45, 2.75) is 49.8 Å². The molecule has 0 unspecified atom stereocenters. The Bertz CT molecular complexity index is 785. The Morgan fingerprint density at radius 1 is 1.07 bits per heavy atom. The highest BCUT2D eigenvalue weighted by atomic mass is 32.2. The molecular weight excluding hydrogens is 362 g/mol. The van der Waals surface area contributed by atoms with Gasteiger partial charge in [0.2, 0.25) is 15.9 Å². The van der Waals surface area contributed by atoms with E-state index in [2.05, 4.69) is 5.32 Å². The number of nitrogens with one attached hydrogen (secondary N) is 1. The number of amides is 1. The van der Waals surface area contributed by atoms with E-state index in [0.717, 1.165) is 6.54 Å². The van der Waals surface area contributed by atoms with E-state index in [0.29, 0.717) is 37.4 Å². The molecule has 1 saturated carbocycles. The van der Waals surface area contributed by atoms with Gasteiger partial charge in [-0.05, 0) is 55.9 Å². The summed E-state index contributed by atoms with van der Waals surface area (Å²) >= 11 is 0. The topological polar surface area (TPSA) is 90.3 Å². The van der Waals surface area contributed by atoms with Crippen molar-refractivity contribution < 1.29 is 13.2 Å². The molecule has 2 fully saturated rings. The lowest BCUT2D eigenvalue weighted by atomic mass is 9.89. The van der Waals surface area contributed by atoms with Gasteiger partial charge in [0.25, 0.3) is 0 Å². The molecule has 0 atom stereocenters. The Hall–Kier alpha value is -1.91. The zero-order chi connectivity index (χ0) is 19.3. The second-order valence-corrected chi connectivity index (χ2v) is 9.50. The highest BCUT2D eigenvalue weighted by molar-refractivity contribution is 7.89. The third-order valence-electron chi connectivity index (χ3n) is 5.74. The van der Waals surface area contributed by atoms with Gasteiger partial charge >= 0.3 is 0 Å². The Labute approximate surface area is 161 Å². The molecule has 1 saturated heterocycles. The van der Waals surface area contributed by atoms with Crippen LogP contribution in [0.15, 0.2) is 29.2 Å². The van der Waals surface area contributed by atoms with Gasteiger partial charge in [0.05, 0.1) is 16.5 Å². The predicted molar refractivity (Wildman–Crippen MR) is 102 cm³/mol. The van der Waals surface area contributed by atoms with Gasteiger partial charge in [0.15, 0.2) is 0 Å². The van der Waals surface area contributed by atoms with Gasteiger partial charge in [-0.3, -0.25) is 4.79 Å². The fourth-order valence-corrected chi connectivity index (χ4v) is 5.46. The molecule has 1 aromatic rings. The average molecular weight is 390 g/mol. The summed E-state index contributed by atoms with van der Waals surface area (Å²) in [4.78, 5) is 12.6. The molecule has 1 N–H and O–H groups in total. The van der Waals surface area contributed by atoms with Crippen LogP contribution in [0.3, 0.4) is 0 Å². The normalized spacial score (nSPS) is 20.1. The second kappa shape index (κ2) is 8.85. The fourth-order valence-electron chi connectivity index (χ4n) is 3.99. The third-order valence-corrected chi connectivity index (χ3v) is 7.65. The maximum Gasteiger partial charge on any atom is 0.243 e. The first-order chi connectivity index (χ1) is 13.0. The molecule has 0 radical (unpaired) electrons. The van der Waals surface area contributed by atoms with Crippen molar-refractivity contribution >= 4 is 15.9 Å². The smallest absolute Gasteiger partial charge is 0.243 e. The van der Waals surface area contributed by atoms with Crippen LogP contribution in [0.5, 0.6) is 0 Å². The molecule has 0 bridgehead atoms. The van der Waals surface area contributed by atoms with E-state index < -0.39 is 10.0 Å². The first-order valence-corrected chi connectivity index (χ1v) is 11.2. The molecule has 2 aliphatic rings. The Morgan fingerprint density at radius 3 is 2.30 bits per heavy atom. The summed E-state index contributed by atoms with van der Waals surface area (Å²) in [5, 5.41) is 11.9. The first-order valence-electron chi connectivity index (χ1n) is 9.79. The fraction of sp³-hybridized carbons (Fsp3) is 0.600. The van der Waals surface area contributed by atoms with E-state index in [9.17, 15) is 13.2 Å². The van der Waals surface area contributed by atoms with Gasteiger partial charge in [-0.15, -0.1) is 0 Å². The van der Waals surface area contributed by atoms with Crippen LogP contribution in [0.1, 0.15) is 50.5 Å². The molecular formula is C20H27N3O3S. The molecule has 1 amide bonds. The number of nitrogens with zero attached hydrogens (tertiary/aromatic N) is 2. The standard InChI is InChI=1S/C20H27N3O3S/c21-14-16-6-8-19(9-7-16)27(25,26)23-12-10-18(11-13-23)20(24)22-15-17-4-2-1-3-5-17/h6-9,17-18H,1-5,10-13,15H2,(H,22,24). The van der Waals surface area contributed by atoms with Crippen LogP contribution in [0.2, 0.25) is 0 Å². The second-order valence-electron chi connectivity index (χ2n) is 7.56. The number of carbonyl (C=O) groups excluding carboxylic acids is 1. The minimum absolute atomic E-state index is 0.0657. The Kier molecular flexibility index (Phi) is 6.51. The summed E-state index contributed by atoms with van der Waals surface area (Å²) < 4.78 is 26.9. The third kappa shape index (κ3) is 4.88. The van der Waals surface area contributed by atoms with E-state index in [-0.39, 0.29) is 16.7 Å². The SMILES string of the molecule is N#Cc1ccc(S(=O)(=O)N2CCC(C(=O)NCC3CCCCC3)CC2)cc1. The lowest BCUT2D eigenvalue weighted by molar-refractivity contribution is -0.126. The van der Waals surface area contributed by atoms with Crippen LogP contribution in [0, 0.1) is 23.2 Å². The van der Waals surface area contributed by atoms with Gasteiger partial charge in [-0.2, -0.15) is 9.57 Å². The molecule has 1 aromatic carbocycles. The largest absolute Gasteiger partial charge is 0.356 e. The number of nitriles is 1. The van der Waals surface area contributed by atoms with Crippen LogP contribution in [0.4, 0.5) is 0 Å². The van der Waals surface area contributed by atoms with Crippen LogP contribution in [-0.4, -0.2) is 38.3 Å². The number of rotatable bonds is 5. The number of hydrogen-bond donors (Lipinski definition) is 1. The zero-order valence-corrected chi connectivity index (χ0v) is 16.4. The monoisotopic (exact) mass is 389 g/mol. The van der Waals surface area contributed by atoms with Gasteiger partial charge in [0, 0.05) is 25.6 Å². The maximum absolute atomic E-state index is 12.7. The van der Waals surface area contributed by atoms with Crippen LogP contribution < -0.4 is 5.32 Å². The van der Waals surface area contributed by atoms with Crippen molar-refractivity contribution in [1.29, 1.82) is 5.26 Å². The summed E-state index contributed by atoms with van der Waals surface area (Å²) in [6, 6.07) is 7.95. The van der Waals surface area contributed by atoms with Gasteiger partial charge in [-0.1, -0.05) is 19.3 Å². The van der Waals surface area contributed by atoms with E-state index in [1.807, 2.05) is 6.07 Å². The summed E-state index contributed by atoms with van der Waals surface area (Å²) in [6.07, 6.45) is 7.30. The predicted octanol–water partition coefficient (Wildman–Crippen LogP) is 2.66. The zero-order valence-electron chi connectivity index (χ0n) is 15.6. The quantitative estimate of drug-likeness (QED) is 0.838. The van der Waals surface area contributed by atoms with E-state index in [1.165, 1.54) is 60.7 Å². The number of carbonyl (C=O) groups is 1. The maximum atomic E-state index is 12.7. The van der Waals surface area contributed by atoms with Gasteiger partial charge in [-0.25, -0.2) is 8.42 Å². The first kappa shape index (κ1) is 19.8. The van der Waals surface area contributed by atoms with E-state index in [4.69, 9.17) is 5.26 Å². The molecule has 3 rings (SSSR count). The molecule has 1 aliphatic heterocycles. The summed E-state index contributed by atoms with van der Waals surface area (Å²) in [7, 11) is -3.57. The highest BCUT2D eigenvalue weighted by Gasteiger charge is 2.32. The van der Waals surface area contributed by atoms with E-state index in [1.54, 1.807) is 0 Å². The van der Waals surface area contributed by atoms with Crippen LogP contribution in [-0.2, 0) is 14.8 Å². The van der Waals surface area contributed by atoms with Crippen molar-refractivity contribution in [3.8, 4) is 6.07 Å². The number of hydrogen-bond acceptors (Lipinski definition) is 4.